The van der Waals surface area contributed by atoms with E-state index in [0.29, 0.717) is 12.2 Å². The quantitative estimate of drug-likeness (QED) is 0.736. The Balaban J connectivity index is 2.53. The second-order valence-corrected chi connectivity index (χ2v) is 5.48. The van der Waals surface area contributed by atoms with Gasteiger partial charge in [-0.15, -0.1) is 0 Å². The maximum atomic E-state index is 11.9. The summed E-state index contributed by atoms with van der Waals surface area (Å²) in [6, 6.07) is 8.04. The molecule has 0 aromatic heterocycles. The lowest BCUT2D eigenvalue weighted by Gasteiger charge is -2.04. The Morgan fingerprint density at radius 1 is 1.25 bits per heavy atom. The second-order valence-electron chi connectivity index (χ2n) is 3.91. The number of rotatable bonds is 5. The van der Waals surface area contributed by atoms with E-state index in [1.54, 1.807) is 0 Å². The summed E-state index contributed by atoms with van der Waals surface area (Å²) in [6.45, 7) is 4.08. The van der Waals surface area contributed by atoms with Crippen LogP contribution in [0.15, 0.2) is 23.1 Å². The number of hydrogen-bond acceptors (Lipinski definition) is 2. The van der Waals surface area contributed by atoms with Crippen LogP contribution in [0.4, 0.5) is 0 Å². The lowest BCUT2D eigenvalue weighted by atomic mass is 10.1. The van der Waals surface area contributed by atoms with E-state index >= 15 is 0 Å². The van der Waals surface area contributed by atoms with Gasteiger partial charge >= 0.3 is 0 Å². The van der Waals surface area contributed by atoms with Gasteiger partial charge in [-0.25, -0.2) is 0 Å². The molecule has 16 heavy (non-hydrogen) atoms. The minimum Gasteiger partial charge on any atom is -0.254 e. The van der Waals surface area contributed by atoms with Crippen LogP contribution in [-0.2, 0) is 10.8 Å². The van der Waals surface area contributed by atoms with Crippen molar-refractivity contribution in [3.05, 3.63) is 29.3 Å². The van der Waals surface area contributed by atoms with Crippen LogP contribution in [0, 0.1) is 25.2 Å². The summed E-state index contributed by atoms with van der Waals surface area (Å²) in [7, 11) is -0.915. The highest BCUT2D eigenvalue weighted by Crippen LogP contribution is 2.14. The van der Waals surface area contributed by atoms with E-state index in [4.69, 9.17) is 5.26 Å². The molecule has 3 heteroatoms. The Kier molecular flexibility index (Phi) is 5.21. The molecule has 0 saturated heterocycles. The summed E-state index contributed by atoms with van der Waals surface area (Å²) < 4.78 is 11.9. The van der Waals surface area contributed by atoms with Gasteiger partial charge < -0.3 is 0 Å². The molecule has 0 aliphatic rings. The van der Waals surface area contributed by atoms with Crippen LogP contribution in [-0.4, -0.2) is 9.96 Å². The Labute approximate surface area is 99.8 Å². The van der Waals surface area contributed by atoms with Crippen molar-refractivity contribution in [3.8, 4) is 6.07 Å². The largest absolute Gasteiger partial charge is 0.254 e. The monoisotopic (exact) mass is 235 g/mol. The van der Waals surface area contributed by atoms with Gasteiger partial charge in [-0.2, -0.15) is 5.26 Å². The third-order valence-electron chi connectivity index (χ3n) is 2.61. The fourth-order valence-corrected chi connectivity index (χ4v) is 2.64. The van der Waals surface area contributed by atoms with E-state index in [9.17, 15) is 4.21 Å². The summed E-state index contributed by atoms with van der Waals surface area (Å²) in [5, 5.41) is 8.39. The first-order chi connectivity index (χ1) is 7.65. The molecule has 0 N–H and O–H groups in total. The molecule has 0 spiro atoms. The van der Waals surface area contributed by atoms with Gasteiger partial charge in [-0.3, -0.25) is 4.21 Å². The highest BCUT2D eigenvalue weighted by atomic mass is 32.2. The fourth-order valence-electron chi connectivity index (χ4n) is 1.41. The minimum absolute atomic E-state index is 0.560. The number of hydrogen-bond donors (Lipinski definition) is 0. The van der Waals surface area contributed by atoms with Crippen molar-refractivity contribution >= 4 is 10.8 Å². The zero-order chi connectivity index (χ0) is 12.0. The van der Waals surface area contributed by atoms with Gasteiger partial charge in [0.15, 0.2) is 0 Å². The molecule has 0 fully saturated rings. The Morgan fingerprint density at radius 2 is 2.00 bits per heavy atom. The van der Waals surface area contributed by atoms with Crippen molar-refractivity contribution in [2.45, 2.75) is 38.0 Å². The second kappa shape index (κ2) is 6.44. The third-order valence-corrected chi connectivity index (χ3v) is 4.05. The van der Waals surface area contributed by atoms with Crippen molar-refractivity contribution in [2.24, 2.45) is 0 Å². The number of unbranched alkanes of at least 4 members (excludes halogenated alkanes) is 2. The zero-order valence-electron chi connectivity index (χ0n) is 9.82. The molecule has 0 heterocycles. The molecule has 0 amide bonds. The molecule has 1 rings (SSSR count). The molecule has 1 aromatic rings. The van der Waals surface area contributed by atoms with Gasteiger partial charge in [0, 0.05) is 17.1 Å². The highest BCUT2D eigenvalue weighted by molar-refractivity contribution is 7.85. The average molecular weight is 235 g/mol. The number of nitrogens with zero attached hydrogens (tertiary/aromatic N) is 1. The van der Waals surface area contributed by atoms with E-state index in [1.807, 2.05) is 25.1 Å². The van der Waals surface area contributed by atoms with Crippen LogP contribution in [0.5, 0.6) is 0 Å². The molecular formula is C13H17NOS. The molecular weight excluding hydrogens is 218 g/mol. The van der Waals surface area contributed by atoms with E-state index in [0.717, 1.165) is 17.7 Å². The molecule has 0 aliphatic heterocycles. The predicted molar refractivity (Wildman–Crippen MR) is 66.7 cm³/mol. The van der Waals surface area contributed by atoms with Crippen molar-refractivity contribution in [2.75, 3.05) is 5.75 Å². The smallest absolute Gasteiger partial charge is 0.0621 e. The number of aryl methyl sites for hydroxylation is 2. The van der Waals surface area contributed by atoms with Crippen molar-refractivity contribution in [1.29, 1.82) is 5.26 Å². The van der Waals surface area contributed by atoms with Crippen molar-refractivity contribution < 1.29 is 4.21 Å². The van der Waals surface area contributed by atoms with Gasteiger partial charge in [0.05, 0.1) is 16.9 Å². The Morgan fingerprint density at radius 3 is 2.62 bits per heavy atom. The van der Waals surface area contributed by atoms with Gasteiger partial charge in [-0.05, 0) is 49.9 Å². The molecule has 1 unspecified atom stereocenters. The normalized spacial score (nSPS) is 12.1. The van der Waals surface area contributed by atoms with Crippen molar-refractivity contribution in [3.63, 3.8) is 0 Å². The summed E-state index contributed by atoms with van der Waals surface area (Å²) in [6.07, 6.45) is 2.25. The van der Waals surface area contributed by atoms with E-state index in [-0.39, 0.29) is 0 Å². The summed E-state index contributed by atoms with van der Waals surface area (Å²) >= 11 is 0. The van der Waals surface area contributed by atoms with Gasteiger partial charge in [0.2, 0.25) is 0 Å². The molecule has 0 aliphatic carbocycles. The van der Waals surface area contributed by atoms with E-state index in [2.05, 4.69) is 13.0 Å². The third kappa shape index (κ3) is 3.79. The first-order valence-corrected chi connectivity index (χ1v) is 6.79. The van der Waals surface area contributed by atoms with Gasteiger partial charge in [-0.1, -0.05) is 6.07 Å². The molecule has 1 atom stereocenters. The van der Waals surface area contributed by atoms with Crippen molar-refractivity contribution in [1.82, 2.24) is 0 Å². The number of benzene rings is 1. The zero-order valence-corrected chi connectivity index (χ0v) is 10.6. The predicted octanol–water partition coefficient (Wildman–Crippen LogP) is 3.10. The summed E-state index contributed by atoms with van der Waals surface area (Å²) in [4.78, 5) is 0.903. The molecule has 2 nitrogen and oxygen atoms in total. The van der Waals surface area contributed by atoms with Crippen LogP contribution in [0.25, 0.3) is 0 Å². The number of nitriles is 1. The fraction of sp³-hybridized carbons (Fsp3) is 0.462. The Hall–Kier alpha value is -1.14. The molecule has 1 aromatic carbocycles. The van der Waals surface area contributed by atoms with Gasteiger partial charge in [0.1, 0.15) is 0 Å². The van der Waals surface area contributed by atoms with Crippen LogP contribution in [0.2, 0.25) is 0 Å². The lowest BCUT2D eigenvalue weighted by Crippen LogP contribution is -1.99. The first-order valence-electron chi connectivity index (χ1n) is 5.47. The maximum absolute atomic E-state index is 11.9. The summed E-state index contributed by atoms with van der Waals surface area (Å²) in [5.41, 5.74) is 2.41. The van der Waals surface area contributed by atoms with Gasteiger partial charge in [0.25, 0.3) is 0 Å². The van der Waals surface area contributed by atoms with Crippen LogP contribution < -0.4 is 0 Å². The van der Waals surface area contributed by atoms with E-state index < -0.39 is 10.8 Å². The molecule has 0 radical (unpaired) electrons. The standard InChI is InChI=1S/C13H17NOS/c1-11-6-7-13(10-12(11)2)16(15)9-5-3-4-8-14/h6-7,10H,3-5,9H2,1-2H3. The first kappa shape index (κ1) is 12.9. The topological polar surface area (TPSA) is 40.9 Å². The highest BCUT2D eigenvalue weighted by Gasteiger charge is 2.04. The van der Waals surface area contributed by atoms with Crippen LogP contribution in [0.1, 0.15) is 30.4 Å². The average Bonchev–Trinajstić information content (AvgIpc) is 2.28. The molecule has 86 valence electrons. The van der Waals surface area contributed by atoms with E-state index in [1.165, 1.54) is 11.1 Å². The molecule has 0 bridgehead atoms. The summed E-state index contributed by atoms with van der Waals surface area (Å²) in [5.74, 6) is 0.657. The minimum atomic E-state index is -0.915. The lowest BCUT2D eigenvalue weighted by molar-refractivity contribution is 0.678. The van der Waals surface area contributed by atoms with Crippen LogP contribution >= 0.6 is 0 Å². The Bertz CT molecular complexity index is 420. The SMILES string of the molecule is Cc1ccc(S(=O)CCCCC#N)cc1C. The molecule has 0 saturated carbocycles. The maximum Gasteiger partial charge on any atom is 0.0621 e. The van der Waals surface area contributed by atoms with Crippen LogP contribution in [0.3, 0.4) is 0 Å².